The molecule has 0 atom stereocenters. The van der Waals surface area contributed by atoms with Crippen LogP contribution in [0, 0.1) is 6.92 Å². The molecule has 1 aromatic heterocycles. The van der Waals surface area contributed by atoms with Crippen molar-refractivity contribution in [1.82, 2.24) is 9.36 Å². The molecular formula is C20H21Cl2N3O3S. The molecule has 0 aliphatic carbocycles. The van der Waals surface area contributed by atoms with E-state index in [4.69, 9.17) is 23.2 Å². The lowest BCUT2D eigenvalue weighted by Crippen LogP contribution is -2.36. The standard InChI is InChI=1S/C20H21Cl2N3O3S/c1-4-29(27,28)24(13-15-10-11-16(21)12-18(15)22)19-14(2)23(3)25(20(19)26)17-8-6-5-7-9-17/h5-12H,4,13H2,1-3H3. The Hall–Kier alpha value is -2.22. The first-order chi connectivity index (χ1) is 13.7. The van der Waals surface area contributed by atoms with E-state index in [0.29, 0.717) is 27.0 Å². The summed E-state index contributed by atoms with van der Waals surface area (Å²) in [6.45, 7) is 3.19. The molecule has 0 spiro atoms. The Bertz CT molecular complexity index is 1200. The predicted octanol–water partition coefficient (Wildman–Crippen LogP) is 4.15. The van der Waals surface area contributed by atoms with E-state index >= 15 is 0 Å². The van der Waals surface area contributed by atoms with Gasteiger partial charge in [-0.3, -0.25) is 13.8 Å². The molecule has 0 aliphatic rings. The van der Waals surface area contributed by atoms with Gasteiger partial charge in [0.15, 0.2) is 0 Å². The predicted molar refractivity (Wildman–Crippen MR) is 118 cm³/mol. The first-order valence-electron chi connectivity index (χ1n) is 8.95. The molecule has 29 heavy (non-hydrogen) atoms. The van der Waals surface area contributed by atoms with Crippen LogP contribution in [0.2, 0.25) is 10.0 Å². The molecule has 0 radical (unpaired) electrons. The number of sulfonamides is 1. The number of para-hydroxylation sites is 1. The van der Waals surface area contributed by atoms with Gasteiger partial charge in [0.2, 0.25) is 10.0 Å². The summed E-state index contributed by atoms with van der Waals surface area (Å²) >= 11 is 12.2. The Kier molecular flexibility index (Phi) is 6.12. The molecule has 0 amide bonds. The molecule has 0 N–H and O–H groups in total. The van der Waals surface area contributed by atoms with E-state index in [9.17, 15) is 13.2 Å². The van der Waals surface area contributed by atoms with Crippen LogP contribution in [0.5, 0.6) is 0 Å². The third-order valence-electron chi connectivity index (χ3n) is 4.80. The fraction of sp³-hybridized carbons (Fsp3) is 0.250. The number of hydrogen-bond acceptors (Lipinski definition) is 3. The number of rotatable bonds is 6. The number of halogens is 2. The molecule has 0 aliphatic heterocycles. The topological polar surface area (TPSA) is 64.3 Å². The highest BCUT2D eigenvalue weighted by molar-refractivity contribution is 7.92. The lowest BCUT2D eigenvalue weighted by Gasteiger charge is -2.23. The van der Waals surface area contributed by atoms with Gasteiger partial charge in [-0.2, -0.15) is 0 Å². The summed E-state index contributed by atoms with van der Waals surface area (Å²) in [4.78, 5) is 13.3. The normalized spacial score (nSPS) is 11.6. The van der Waals surface area contributed by atoms with Crippen LogP contribution in [-0.4, -0.2) is 23.5 Å². The Morgan fingerprint density at radius 3 is 2.31 bits per heavy atom. The Balaban J connectivity index is 2.21. The van der Waals surface area contributed by atoms with Crippen LogP contribution in [0.3, 0.4) is 0 Å². The van der Waals surface area contributed by atoms with Crippen molar-refractivity contribution < 1.29 is 8.42 Å². The Morgan fingerprint density at radius 1 is 1.07 bits per heavy atom. The van der Waals surface area contributed by atoms with E-state index in [1.807, 2.05) is 18.2 Å². The van der Waals surface area contributed by atoms with Gasteiger partial charge < -0.3 is 0 Å². The average Bonchev–Trinajstić information content (AvgIpc) is 2.91. The summed E-state index contributed by atoms with van der Waals surface area (Å²) in [5.74, 6) is -0.155. The number of aromatic nitrogens is 2. The second-order valence-electron chi connectivity index (χ2n) is 6.55. The van der Waals surface area contributed by atoms with Crippen LogP contribution in [0.15, 0.2) is 53.3 Å². The minimum Gasteiger partial charge on any atom is -0.283 e. The van der Waals surface area contributed by atoms with Gasteiger partial charge in [0.05, 0.1) is 23.7 Å². The molecule has 3 rings (SSSR count). The van der Waals surface area contributed by atoms with Gasteiger partial charge in [0, 0.05) is 17.1 Å². The van der Waals surface area contributed by atoms with Crippen molar-refractivity contribution in [2.45, 2.75) is 20.4 Å². The van der Waals surface area contributed by atoms with Crippen molar-refractivity contribution in [3.8, 4) is 5.69 Å². The minimum atomic E-state index is -3.75. The van der Waals surface area contributed by atoms with Crippen molar-refractivity contribution in [1.29, 1.82) is 0 Å². The summed E-state index contributed by atoms with van der Waals surface area (Å²) in [5.41, 5.74) is 1.42. The number of nitrogens with zero attached hydrogens (tertiary/aromatic N) is 3. The Morgan fingerprint density at radius 2 is 1.72 bits per heavy atom. The van der Waals surface area contributed by atoms with E-state index < -0.39 is 15.6 Å². The fourth-order valence-corrected chi connectivity index (χ4v) is 4.72. The third kappa shape index (κ3) is 4.08. The van der Waals surface area contributed by atoms with Crippen molar-refractivity contribution in [2.24, 2.45) is 7.05 Å². The van der Waals surface area contributed by atoms with Crippen LogP contribution in [0.1, 0.15) is 18.2 Å². The summed E-state index contributed by atoms with van der Waals surface area (Å²) < 4.78 is 30.1. The average molecular weight is 454 g/mol. The summed E-state index contributed by atoms with van der Waals surface area (Å²) in [6, 6.07) is 13.9. The maximum atomic E-state index is 13.3. The van der Waals surface area contributed by atoms with Gasteiger partial charge in [0.1, 0.15) is 5.69 Å². The van der Waals surface area contributed by atoms with Crippen molar-refractivity contribution in [3.63, 3.8) is 0 Å². The monoisotopic (exact) mass is 453 g/mol. The maximum absolute atomic E-state index is 13.3. The quantitative estimate of drug-likeness (QED) is 0.562. The molecule has 3 aromatic rings. The SMILES string of the molecule is CCS(=O)(=O)N(Cc1ccc(Cl)cc1Cl)c1c(C)n(C)n(-c2ccccc2)c1=O. The van der Waals surface area contributed by atoms with E-state index in [2.05, 4.69) is 0 Å². The highest BCUT2D eigenvalue weighted by atomic mass is 35.5. The van der Waals surface area contributed by atoms with Crippen molar-refractivity contribution in [2.75, 3.05) is 10.1 Å². The third-order valence-corrected chi connectivity index (χ3v) is 7.10. The first-order valence-corrected chi connectivity index (χ1v) is 11.3. The molecular weight excluding hydrogens is 433 g/mol. The Labute approximate surface area is 179 Å². The molecule has 2 aromatic carbocycles. The molecule has 0 bridgehead atoms. The molecule has 0 saturated carbocycles. The van der Waals surface area contributed by atoms with Crippen LogP contribution in [0.4, 0.5) is 5.69 Å². The largest absolute Gasteiger partial charge is 0.296 e. The minimum absolute atomic E-state index is 0.0684. The molecule has 0 fully saturated rings. The van der Waals surface area contributed by atoms with E-state index in [1.54, 1.807) is 55.9 Å². The summed E-state index contributed by atoms with van der Waals surface area (Å²) in [6.07, 6.45) is 0. The van der Waals surface area contributed by atoms with Crippen LogP contribution < -0.4 is 9.86 Å². The summed E-state index contributed by atoms with van der Waals surface area (Å²) in [5, 5.41) is 0.789. The van der Waals surface area contributed by atoms with Gasteiger partial charge in [-0.05, 0) is 43.7 Å². The van der Waals surface area contributed by atoms with Gasteiger partial charge in [-0.15, -0.1) is 0 Å². The van der Waals surface area contributed by atoms with Gasteiger partial charge in [0.25, 0.3) is 5.56 Å². The number of hydrogen-bond donors (Lipinski definition) is 0. The molecule has 9 heteroatoms. The highest BCUT2D eigenvalue weighted by Crippen LogP contribution is 2.28. The highest BCUT2D eigenvalue weighted by Gasteiger charge is 2.29. The summed E-state index contributed by atoms with van der Waals surface area (Å²) in [7, 11) is -2.03. The smallest absolute Gasteiger partial charge is 0.283 e. The van der Waals surface area contributed by atoms with Crippen molar-refractivity contribution in [3.05, 3.63) is 80.2 Å². The zero-order valence-electron chi connectivity index (χ0n) is 16.3. The number of benzene rings is 2. The molecule has 6 nitrogen and oxygen atoms in total. The van der Waals surface area contributed by atoms with E-state index in [1.165, 1.54) is 4.68 Å². The van der Waals surface area contributed by atoms with E-state index in [-0.39, 0.29) is 18.0 Å². The molecule has 0 unspecified atom stereocenters. The second-order valence-corrected chi connectivity index (χ2v) is 9.58. The van der Waals surface area contributed by atoms with E-state index in [0.717, 1.165) is 4.31 Å². The maximum Gasteiger partial charge on any atom is 0.296 e. The van der Waals surface area contributed by atoms with Gasteiger partial charge >= 0.3 is 0 Å². The lowest BCUT2D eigenvalue weighted by atomic mass is 10.2. The zero-order chi connectivity index (χ0) is 21.3. The second kappa shape index (κ2) is 8.26. The number of anilines is 1. The van der Waals surface area contributed by atoms with Crippen LogP contribution in [-0.2, 0) is 23.6 Å². The van der Waals surface area contributed by atoms with Gasteiger partial charge in [-0.1, -0.05) is 47.5 Å². The fourth-order valence-electron chi connectivity index (χ4n) is 3.12. The van der Waals surface area contributed by atoms with Crippen LogP contribution >= 0.6 is 23.2 Å². The molecule has 154 valence electrons. The lowest BCUT2D eigenvalue weighted by molar-refractivity contribution is 0.591. The van der Waals surface area contributed by atoms with Crippen LogP contribution in [0.25, 0.3) is 5.69 Å². The molecule has 1 heterocycles. The first kappa shape index (κ1) is 21.5. The van der Waals surface area contributed by atoms with Crippen molar-refractivity contribution >= 4 is 38.9 Å². The van der Waals surface area contributed by atoms with Gasteiger partial charge in [-0.25, -0.2) is 13.1 Å². The zero-order valence-corrected chi connectivity index (χ0v) is 18.6. The molecule has 0 saturated heterocycles.